The highest BCUT2D eigenvalue weighted by Gasteiger charge is 2.36. The van der Waals surface area contributed by atoms with Gasteiger partial charge >= 0.3 is 0 Å². The summed E-state index contributed by atoms with van der Waals surface area (Å²) in [5.41, 5.74) is 5.15. The maximum Gasteiger partial charge on any atom is 0.266 e. The summed E-state index contributed by atoms with van der Waals surface area (Å²) >= 11 is 5.85. The van der Waals surface area contributed by atoms with Crippen molar-refractivity contribution in [3.63, 3.8) is 0 Å². The van der Waals surface area contributed by atoms with Crippen molar-refractivity contribution < 1.29 is 18.3 Å². The molecule has 104 valence electrons. The predicted molar refractivity (Wildman–Crippen MR) is 70.5 cm³/mol. The van der Waals surface area contributed by atoms with Gasteiger partial charge in [0.2, 0.25) is 0 Å². The number of amides is 1. The first-order chi connectivity index (χ1) is 8.89. The minimum absolute atomic E-state index is 0.211. The molecule has 2 rings (SSSR count). The maximum atomic E-state index is 11.8. The Balaban J connectivity index is 1.97. The van der Waals surface area contributed by atoms with E-state index in [1.54, 1.807) is 24.3 Å². The molecule has 3 N–H and O–H groups in total. The normalized spacial score (nSPS) is 25.2. The van der Waals surface area contributed by atoms with Gasteiger partial charge in [-0.05, 0) is 12.1 Å². The Labute approximate surface area is 115 Å². The van der Waals surface area contributed by atoms with Crippen molar-refractivity contribution in [3.05, 3.63) is 34.9 Å². The van der Waals surface area contributed by atoms with Crippen LogP contribution in [0.2, 0.25) is 5.02 Å². The van der Waals surface area contributed by atoms with E-state index in [0.29, 0.717) is 5.02 Å². The van der Waals surface area contributed by atoms with Crippen LogP contribution in [0.3, 0.4) is 0 Å². The molecule has 1 aromatic carbocycles. The second-order valence-electron chi connectivity index (χ2n) is 4.33. The molecule has 0 bridgehead atoms. The highest BCUT2D eigenvalue weighted by Crippen LogP contribution is 2.15. The first-order valence-corrected chi connectivity index (χ1v) is 7.78. The molecule has 0 aromatic heterocycles. The molecule has 1 saturated heterocycles. The number of rotatable bonds is 3. The Morgan fingerprint density at radius 1 is 1.32 bits per heavy atom. The third-order valence-corrected chi connectivity index (χ3v) is 4.86. The molecule has 1 fully saturated rings. The van der Waals surface area contributed by atoms with E-state index in [9.17, 15) is 18.3 Å². The quantitative estimate of drug-likeness (QED) is 0.668. The average molecular weight is 305 g/mol. The number of carbonyl (C=O) groups is 1. The Morgan fingerprint density at radius 3 is 2.58 bits per heavy atom. The lowest BCUT2D eigenvalue weighted by Crippen LogP contribution is -2.49. The summed E-state index contributed by atoms with van der Waals surface area (Å²) in [4.78, 5) is 11.8. The van der Waals surface area contributed by atoms with Crippen LogP contribution >= 0.6 is 11.6 Å². The third-order valence-electron chi connectivity index (χ3n) is 2.81. The molecule has 0 radical (unpaired) electrons. The number of hydrazine groups is 1. The highest BCUT2D eigenvalue weighted by molar-refractivity contribution is 7.91. The smallest absolute Gasteiger partial charge is 0.266 e. The molecule has 0 saturated carbocycles. The van der Waals surface area contributed by atoms with E-state index in [1.165, 1.54) is 0 Å². The number of carbonyl (C=O) groups excluding carboxylic acids is 1. The van der Waals surface area contributed by atoms with Crippen LogP contribution < -0.4 is 10.9 Å². The van der Waals surface area contributed by atoms with Crippen molar-refractivity contribution in [2.45, 2.75) is 12.1 Å². The van der Waals surface area contributed by atoms with Crippen molar-refractivity contribution in [3.8, 4) is 0 Å². The number of nitrogens with one attached hydrogen (secondary N) is 2. The lowest BCUT2D eigenvalue weighted by molar-refractivity contribution is 0.0901. The first-order valence-electron chi connectivity index (χ1n) is 5.58. The lowest BCUT2D eigenvalue weighted by Gasteiger charge is -2.15. The molecule has 0 unspecified atom stereocenters. The van der Waals surface area contributed by atoms with Crippen LogP contribution in [0.25, 0.3) is 0 Å². The second kappa shape index (κ2) is 5.46. The summed E-state index contributed by atoms with van der Waals surface area (Å²) in [6, 6.07) is 5.76. The number of aliphatic hydroxyl groups excluding tert-OH is 1. The van der Waals surface area contributed by atoms with Gasteiger partial charge in [0.05, 0.1) is 34.2 Å². The van der Waals surface area contributed by atoms with Crippen molar-refractivity contribution in [1.29, 1.82) is 0 Å². The SMILES string of the molecule is O=C(NN[C@H]1CS(=O)(=O)C[C@H]1O)c1ccccc1Cl. The van der Waals surface area contributed by atoms with Crippen LogP contribution in [-0.2, 0) is 9.84 Å². The number of halogens is 1. The summed E-state index contributed by atoms with van der Waals surface area (Å²) in [7, 11) is -3.26. The van der Waals surface area contributed by atoms with Crippen LogP contribution in [0, 0.1) is 0 Å². The van der Waals surface area contributed by atoms with Gasteiger partial charge in [-0.1, -0.05) is 23.7 Å². The van der Waals surface area contributed by atoms with Gasteiger partial charge in [-0.15, -0.1) is 0 Å². The number of hydrogen-bond acceptors (Lipinski definition) is 5. The fourth-order valence-corrected chi connectivity index (χ4v) is 3.80. The van der Waals surface area contributed by atoms with Crippen molar-refractivity contribution >= 4 is 27.3 Å². The van der Waals surface area contributed by atoms with Gasteiger partial charge in [0, 0.05) is 0 Å². The van der Waals surface area contributed by atoms with E-state index in [0.717, 1.165) is 0 Å². The van der Waals surface area contributed by atoms with Gasteiger partial charge in [-0.25, -0.2) is 13.8 Å². The van der Waals surface area contributed by atoms with Gasteiger partial charge in [0.25, 0.3) is 5.91 Å². The molecule has 0 aliphatic carbocycles. The van der Waals surface area contributed by atoms with Crippen molar-refractivity contribution in [2.75, 3.05) is 11.5 Å². The molecule has 1 aliphatic heterocycles. The summed E-state index contributed by atoms with van der Waals surface area (Å²) in [6.07, 6.45) is -1.03. The number of aliphatic hydroxyl groups is 1. The summed E-state index contributed by atoms with van der Waals surface area (Å²) in [5, 5.41) is 9.84. The van der Waals surface area contributed by atoms with Crippen LogP contribution in [0.15, 0.2) is 24.3 Å². The minimum Gasteiger partial charge on any atom is -0.390 e. The largest absolute Gasteiger partial charge is 0.390 e. The summed E-state index contributed by atoms with van der Waals surface area (Å²) in [6.45, 7) is 0. The maximum absolute atomic E-state index is 11.8. The molecule has 19 heavy (non-hydrogen) atoms. The van der Waals surface area contributed by atoms with Crippen LogP contribution in [0.4, 0.5) is 0 Å². The van der Waals surface area contributed by atoms with Crippen LogP contribution in [0.5, 0.6) is 0 Å². The van der Waals surface area contributed by atoms with Crippen LogP contribution in [0.1, 0.15) is 10.4 Å². The molecule has 1 amide bonds. The Hall–Kier alpha value is -1.15. The number of sulfone groups is 1. The molecule has 0 spiro atoms. The van der Waals surface area contributed by atoms with Gasteiger partial charge < -0.3 is 5.11 Å². The van der Waals surface area contributed by atoms with Crippen molar-refractivity contribution in [2.24, 2.45) is 0 Å². The number of hydrogen-bond donors (Lipinski definition) is 3. The zero-order valence-corrected chi connectivity index (χ0v) is 11.4. The Bertz CT molecular complexity index is 590. The lowest BCUT2D eigenvalue weighted by atomic mass is 10.2. The first kappa shape index (κ1) is 14.3. The second-order valence-corrected chi connectivity index (χ2v) is 6.89. The van der Waals surface area contributed by atoms with Gasteiger partial charge in [-0.3, -0.25) is 10.2 Å². The third kappa shape index (κ3) is 3.44. The fourth-order valence-electron chi connectivity index (χ4n) is 1.84. The van der Waals surface area contributed by atoms with Gasteiger partial charge in [0.15, 0.2) is 9.84 Å². The standard InChI is InChI=1S/C11H13ClN2O4S/c12-8-4-2-1-3-7(8)11(16)14-13-9-5-19(17,18)6-10(9)15/h1-4,9-10,13,15H,5-6H2,(H,14,16)/t9-,10+/m0/s1. The van der Waals surface area contributed by atoms with E-state index in [-0.39, 0.29) is 17.1 Å². The molecular formula is C11H13ClN2O4S. The monoisotopic (exact) mass is 304 g/mol. The Morgan fingerprint density at radius 2 is 2.00 bits per heavy atom. The van der Waals surface area contributed by atoms with E-state index in [4.69, 9.17) is 11.6 Å². The molecule has 6 nitrogen and oxygen atoms in total. The zero-order chi connectivity index (χ0) is 14.0. The van der Waals surface area contributed by atoms with E-state index < -0.39 is 27.9 Å². The Kier molecular flexibility index (Phi) is 4.10. The zero-order valence-electron chi connectivity index (χ0n) is 9.84. The van der Waals surface area contributed by atoms with Crippen LogP contribution in [-0.4, -0.2) is 43.1 Å². The minimum atomic E-state index is -3.26. The van der Waals surface area contributed by atoms with E-state index >= 15 is 0 Å². The molecule has 2 atom stereocenters. The van der Waals surface area contributed by atoms with Crippen molar-refractivity contribution in [1.82, 2.24) is 10.9 Å². The molecule has 1 heterocycles. The summed E-state index contributed by atoms with van der Waals surface area (Å²) < 4.78 is 22.6. The van der Waals surface area contributed by atoms with E-state index in [1.807, 2.05) is 0 Å². The van der Waals surface area contributed by atoms with E-state index in [2.05, 4.69) is 10.9 Å². The summed E-state index contributed by atoms with van der Waals surface area (Å²) in [5.74, 6) is -0.994. The molecule has 1 aliphatic rings. The average Bonchev–Trinajstić information content (AvgIpc) is 2.60. The van der Waals surface area contributed by atoms with Gasteiger partial charge in [0.1, 0.15) is 0 Å². The predicted octanol–water partition coefficient (Wildman–Crippen LogP) is -0.268. The molecular weight excluding hydrogens is 292 g/mol. The molecule has 8 heteroatoms. The number of benzene rings is 1. The molecule has 1 aromatic rings. The highest BCUT2D eigenvalue weighted by atomic mass is 35.5. The fraction of sp³-hybridized carbons (Fsp3) is 0.364. The van der Waals surface area contributed by atoms with Gasteiger partial charge in [-0.2, -0.15) is 0 Å². The topological polar surface area (TPSA) is 95.5 Å².